The van der Waals surface area contributed by atoms with E-state index in [1.165, 1.54) is 24.0 Å². The first-order valence-electron chi connectivity index (χ1n) is 11.8. The van der Waals surface area contributed by atoms with Gasteiger partial charge in [0.15, 0.2) is 18.0 Å². The van der Waals surface area contributed by atoms with Crippen LogP contribution in [0.1, 0.15) is 56.5 Å². The van der Waals surface area contributed by atoms with Gasteiger partial charge in [0.2, 0.25) is 0 Å². The summed E-state index contributed by atoms with van der Waals surface area (Å²) in [4.78, 5) is 21.5. The Morgan fingerprint density at radius 1 is 1.19 bits per heavy atom. The number of carbonyl (C=O) groups excluding carboxylic acids is 1. The summed E-state index contributed by atoms with van der Waals surface area (Å²) in [6.45, 7) is 2.05. The number of ether oxygens (including phenoxy) is 3. The highest BCUT2D eigenvalue weighted by molar-refractivity contribution is 7.98. The molecule has 1 fully saturated rings. The Bertz CT molecular complexity index is 1190. The van der Waals surface area contributed by atoms with Crippen molar-refractivity contribution in [2.75, 3.05) is 6.61 Å². The molecular formula is C25H28F3N3O4S. The Morgan fingerprint density at radius 3 is 2.69 bits per heavy atom. The zero-order valence-corrected chi connectivity index (χ0v) is 20.9. The van der Waals surface area contributed by atoms with Crippen LogP contribution in [-0.4, -0.2) is 39.6 Å². The van der Waals surface area contributed by atoms with Crippen LogP contribution in [0.4, 0.5) is 18.0 Å². The van der Waals surface area contributed by atoms with Crippen molar-refractivity contribution >= 4 is 29.0 Å². The number of hydrogen-bond donors (Lipinski definition) is 0. The van der Waals surface area contributed by atoms with Gasteiger partial charge >= 0.3 is 12.3 Å². The standard InChI is InChI=1S/C25H28F3N3O4S/c1-16-20(29-13-12-22(16)33-15-25(26,27)28)14-36-23-30-19-10-6-7-11-21(19)31(23)17(2)34-24(32)35-18-8-4-3-5-9-18/h6-7,10-13,17-18H,3-5,8-9,14-15H2,1-2H3. The molecule has 0 saturated heterocycles. The molecule has 3 aromatic rings. The minimum Gasteiger partial charge on any atom is -0.484 e. The third kappa shape index (κ3) is 6.63. The molecule has 1 unspecified atom stereocenters. The molecule has 0 N–H and O–H groups in total. The Hall–Kier alpha value is -2.95. The summed E-state index contributed by atoms with van der Waals surface area (Å²) in [6, 6.07) is 8.89. The van der Waals surface area contributed by atoms with Crippen LogP contribution in [0, 0.1) is 6.92 Å². The van der Waals surface area contributed by atoms with Crippen molar-refractivity contribution in [2.45, 2.75) is 75.4 Å². The van der Waals surface area contributed by atoms with Crippen LogP contribution >= 0.6 is 11.8 Å². The van der Waals surface area contributed by atoms with Crippen molar-refractivity contribution in [3.8, 4) is 5.75 Å². The Morgan fingerprint density at radius 2 is 1.94 bits per heavy atom. The molecule has 0 radical (unpaired) electrons. The maximum absolute atomic E-state index is 12.6. The second-order valence-electron chi connectivity index (χ2n) is 8.67. The molecule has 36 heavy (non-hydrogen) atoms. The summed E-state index contributed by atoms with van der Waals surface area (Å²) >= 11 is 1.34. The van der Waals surface area contributed by atoms with E-state index < -0.39 is 25.2 Å². The number of fused-ring (bicyclic) bond motifs is 1. The minimum atomic E-state index is -4.43. The maximum atomic E-state index is 12.6. The van der Waals surface area contributed by atoms with Crippen molar-refractivity contribution in [3.05, 3.63) is 47.8 Å². The van der Waals surface area contributed by atoms with Gasteiger partial charge in [0.05, 0.1) is 16.7 Å². The van der Waals surface area contributed by atoms with E-state index in [2.05, 4.69) is 9.97 Å². The predicted molar refractivity (Wildman–Crippen MR) is 129 cm³/mol. The lowest BCUT2D eigenvalue weighted by molar-refractivity contribution is -0.153. The van der Waals surface area contributed by atoms with Crippen molar-refractivity contribution in [1.29, 1.82) is 0 Å². The van der Waals surface area contributed by atoms with Gasteiger partial charge in [0.25, 0.3) is 0 Å². The molecule has 1 aliphatic carbocycles. The molecule has 0 amide bonds. The number of nitrogens with zero attached hydrogens (tertiary/aromatic N) is 3. The van der Waals surface area contributed by atoms with E-state index in [1.54, 1.807) is 13.8 Å². The summed E-state index contributed by atoms with van der Waals surface area (Å²) in [5.41, 5.74) is 2.61. The normalized spacial score (nSPS) is 15.6. The largest absolute Gasteiger partial charge is 0.510 e. The van der Waals surface area contributed by atoms with Gasteiger partial charge in [-0.15, -0.1) is 0 Å². The Labute approximate surface area is 211 Å². The highest BCUT2D eigenvalue weighted by atomic mass is 32.2. The van der Waals surface area contributed by atoms with E-state index in [9.17, 15) is 18.0 Å². The molecule has 0 spiro atoms. The monoisotopic (exact) mass is 523 g/mol. The number of para-hydroxylation sites is 2. The second kappa shape index (κ2) is 11.4. The van der Waals surface area contributed by atoms with E-state index in [1.807, 2.05) is 28.8 Å². The number of pyridine rings is 1. The summed E-state index contributed by atoms with van der Waals surface area (Å²) in [5, 5.41) is 0.581. The van der Waals surface area contributed by atoms with Crippen LogP contribution in [0.5, 0.6) is 5.75 Å². The smallest absolute Gasteiger partial charge is 0.484 e. The lowest BCUT2D eigenvalue weighted by atomic mass is 9.98. The van der Waals surface area contributed by atoms with E-state index in [0.29, 0.717) is 22.2 Å². The number of alkyl halides is 3. The molecule has 4 rings (SSSR count). The fourth-order valence-corrected chi connectivity index (χ4v) is 5.27. The van der Waals surface area contributed by atoms with Crippen molar-refractivity contribution < 1.29 is 32.2 Å². The van der Waals surface area contributed by atoms with Gasteiger partial charge in [-0.25, -0.2) is 9.78 Å². The quantitative estimate of drug-likeness (QED) is 0.233. The van der Waals surface area contributed by atoms with Crippen molar-refractivity contribution in [3.63, 3.8) is 0 Å². The highest BCUT2D eigenvalue weighted by Crippen LogP contribution is 2.32. The molecule has 1 atom stereocenters. The zero-order valence-electron chi connectivity index (χ0n) is 20.1. The van der Waals surface area contributed by atoms with Crippen molar-refractivity contribution in [1.82, 2.24) is 14.5 Å². The second-order valence-corrected chi connectivity index (χ2v) is 9.61. The molecule has 11 heteroatoms. The minimum absolute atomic E-state index is 0.118. The number of aromatic nitrogens is 3. The fourth-order valence-electron chi connectivity index (χ4n) is 4.17. The number of imidazole rings is 1. The molecule has 194 valence electrons. The first kappa shape index (κ1) is 26.1. The van der Waals surface area contributed by atoms with Gasteiger partial charge in [0, 0.05) is 17.5 Å². The van der Waals surface area contributed by atoms with Crippen LogP contribution in [0.2, 0.25) is 0 Å². The van der Waals surface area contributed by atoms with Crippen LogP contribution < -0.4 is 4.74 Å². The molecule has 0 bridgehead atoms. The zero-order chi connectivity index (χ0) is 25.7. The third-order valence-electron chi connectivity index (χ3n) is 6.00. The van der Waals surface area contributed by atoms with Gasteiger partial charge in [0.1, 0.15) is 11.9 Å². The van der Waals surface area contributed by atoms with Gasteiger partial charge < -0.3 is 14.2 Å². The maximum Gasteiger partial charge on any atom is 0.510 e. The fraction of sp³-hybridized carbons (Fsp3) is 0.480. The molecule has 1 aromatic carbocycles. The summed E-state index contributed by atoms with van der Waals surface area (Å²) in [7, 11) is 0. The van der Waals surface area contributed by atoms with Gasteiger partial charge in [-0.1, -0.05) is 30.3 Å². The average molecular weight is 524 g/mol. The van der Waals surface area contributed by atoms with E-state index in [4.69, 9.17) is 14.2 Å². The number of benzene rings is 1. The number of carbonyl (C=O) groups is 1. The SMILES string of the molecule is Cc1c(OCC(F)(F)F)ccnc1CSc1nc2ccccc2n1C(C)OC(=O)OC1CCCCC1. The van der Waals surface area contributed by atoms with Crippen LogP contribution in [0.15, 0.2) is 41.7 Å². The number of hydrogen-bond acceptors (Lipinski definition) is 7. The van der Waals surface area contributed by atoms with E-state index in [0.717, 1.165) is 43.1 Å². The number of rotatable bonds is 8. The van der Waals surface area contributed by atoms with Gasteiger partial charge in [-0.3, -0.25) is 9.55 Å². The summed E-state index contributed by atoms with van der Waals surface area (Å²) < 4.78 is 55.6. The average Bonchev–Trinajstić information content (AvgIpc) is 3.21. The molecule has 2 heterocycles. The molecule has 1 saturated carbocycles. The topological polar surface area (TPSA) is 75.5 Å². The van der Waals surface area contributed by atoms with Gasteiger partial charge in [-0.2, -0.15) is 13.2 Å². The first-order valence-corrected chi connectivity index (χ1v) is 12.8. The molecule has 7 nitrogen and oxygen atoms in total. The van der Waals surface area contributed by atoms with Crippen molar-refractivity contribution in [2.24, 2.45) is 0 Å². The van der Waals surface area contributed by atoms with Crippen LogP contribution in [0.25, 0.3) is 11.0 Å². The summed E-state index contributed by atoms with van der Waals surface area (Å²) in [5.74, 6) is 0.464. The lowest BCUT2D eigenvalue weighted by Gasteiger charge is -2.23. The highest BCUT2D eigenvalue weighted by Gasteiger charge is 2.29. The van der Waals surface area contributed by atoms with Gasteiger partial charge in [-0.05, 0) is 57.7 Å². The summed E-state index contributed by atoms with van der Waals surface area (Å²) in [6.07, 6.45) is 0.391. The molecule has 2 aromatic heterocycles. The van der Waals surface area contributed by atoms with E-state index in [-0.39, 0.29) is 11.9 Å². The Kier molecular flexibility index (Phi) is 8.28. The molecular weight excluding hydrogens is 495 g/mol. The van der Waals surface area contributed by atoms with Crippen LogP contribution in [0.3, 0.4) is 0 Å². The first-order chi connectivity index (χ1) is 17.2. The number of halogens is 3. The lowest BCUT2D eigenvalue weighted by Crippen LogP contribution is -2.23. The number of thioether (sulfide) groups is 1. The third-order valence-corrected chi connectivity index (χ3v) is 6.96. The Balaban J connectivity index is 1.49. The van der Waals surface area contributed by atoms with E-state index >= 15 is 0 Å². The van der Waals surface area contributed by atoms with Crippen LogP contribution in [-0.2, 0) is 15.2 Å². The molecule has 1 aliphatic rings. The predicted octanol–water partition coefficient (Wildman–Crippen LogP) is 6.98. The molecule has 0 aliphatic heterocycles.